The number of nitrogens with one attached hydrogen (secondary N) is 2. The number of carbonyl (C=O) groups excluding carboxylic acids is 1. The molecule has 0 atom stereocenters. The van der Waals surface area contributed by atoms with Crippen LogP contribution in [0.3, 0.4) is 0 Å². The molecule has 1 amide bonds. The molecule has 1 rings (SSSR count). The summed E-state index contributed by atoms with van der Waals surface area (Å²) >= 11 is 0. The minimum atomic E-state index is -0.00992. The Labute approximate surface area is 122 Å². The predicted octanol–water partition coefficient (Wildman–Crippen LogP) is 2.67. The van der Waals surface area contributed by atoms with Crippen molar-refractivity contribution in [1.82, 2.24) is 5.32 Å². The Balaban J connectivity index is 2.62. The third-order valence-electron chi connectivity index (χ3n) is 3.19. The number of amides is 1. The molecular weight excluding hydrogens is 250 g/mol. The number of nitrogens with two attached hydrogens (primary N) is 1. The standard InChI is InChI=1S/C16H27N3O/c1-12(2)19-16(20)14-8-7-9-15(13(14)3)18-11-6-4-5-10-17/h7-9,12,18H,4-6,10-11,17H2,1-3H3,(H,19,20). The van der Waals surface area contributed by atoms with Crippen LogP contribution in [-0.2, 0) is 0 Å². The molecule has 4 N–H and O–H groups in total. The fourth-order valence-electron chi connectivity index (χ4n) is 2.08. The molecule has 0 bridgehead atoms. The van der Waals surface area contributed by atoms with E-state index in [1.807, 2.05) is 39.0 Å². The molecule has 0 unspecified atom stereocenters. The van der Waals surface area contributed by atoms with Gasteiger partial charge in [0.1, 0.15) is 0 Å². The Bertz CT molecular complexity index is 430. The Hall–Kier alpha value is -1.55. The van der Waals surface area contributed by atoms with E-state index in [9.17, 15) is 4.79 Å². The van der Waals surface area contributed by atoms with Crippen LogP contribution in [0.1, 0.15) is 49.0 Å². The van der Waals surface area contributed by atoms with Gasteiger partial charge in [-0.25, -0.2) is 0 Å². The molecule has 0 saturated heterocycles. The molecule has 0 radical (unpaired) electrons. The molecular formula is C16H27N3O. The Morgan fingerprint density at radius 1 is 1.25 bits per heavy atom. The molecule has 0 aromatic heterocycles. The van der Waals surface area contributed by atoms with Crippen molar-refractivity contribution in [1.29, 1.82) is 0 Å². The minimum Gasteiger partial charge on any atom is -0.385 e. The fraction of sp³-hybridized carbons (Fsp3) is 0.562. The van der Waals surface area contributed by atoms with Crippen molar-refractivity contribution in [2.75, 3.05) is 18.4 Å². The van der Waals surface area contributed by atoms with E-state index in [1.54, 1.807) is 0 Å². The molecule has 1 aromatic carbocycles. The average Bonchev–Trinajstić information content (AvgIpc) is 2.39. The molecule has 0 spiro atoms. The molecule has 4 heteroatoms. The smallest absolute Gasteiger partial charge is 0.251 e. The van der Waals surface area contributed by atoms with E-state index < -0.39 is 0 Å². The summed E-state index contributed by atoms with van der Waals surface area (Å²) in [6.07, 6.45) is 3.30. The molecule has 0 aliphatic rings. The highest BCUT2D eigenvalue weighted by Crippen LogP contribution is 2.19. The van der Waals surface area contributed by atoms with Gasteiger partial charge in [0.05, 0.1) is 0 Å². The summed E-state index contributed by atoms with van der Waals surface area (Å²) in [5, 5.41) is 6.33. The third kappa shape index (κ3) is 5.21. The van der Waals surface area contributed by atoms with Crippen molar-refractivity contribution < 1.29 is 4.79 Å². The van der Waals surface area contributed by atoms with E-state index in [4.69, 9.17) is 5.73 Å². The Morgan fingerprint density at radius 3 is 2.65 bits per heavy atom. The maximum Gasteiger partial charge on any atom is 0.251 e. The topological polar surface area (TPSA) is 67.1 Å². The maximum atomic E-state index is 12.1. The number of hydrogen-bond acceptors (Lipinski definition) is 3. The number of rotatable bonds is 8. The van der Waals surface area contributed by atoms with Gasteiger partial charge in [0.25, 0.3) is 5.91 Å². The Morgan fingerprint density at radius 2 is 2.00 bits per heavy atom. The zero-order chi connectivity index (χ0) is 15.0. The van der Waals surface area contributed by atoms with Crippen molar-refractivity contribution >= 4 is 11.6 Å². The van der Waals surface area contributed by atoms with Crippen LogP contribution in [0.5, 0.6) is 0 Å². The molecule has 0 heterocycles. The normalized spacial score (nSPS) is 10.7. The first-order valence-corrected chi connectivity index (χ1v) is 7.40. The SMILES string of the molecule is Cc1c(NCCCCCN)cccc1C(=O)NC(C)C. The van der Waals surface area contributed by atoms with Gasteiger partial charge in [0.15, 0.2) is 0 Å². The van der Waals surface area contributed by atoms with Crippen LogP contribution in [0.25, 0.3) is 0 Å². The molecule has 0 aliphatic heterocycles. The maximum absolute atomic E-state index is 12.1. The number of unbranched alkanes of at least 4 members (excludes halogenated alkanes) is 2. The summed E-state index contributed by atoms with van der Waals surface area (Å²) in [5.74, 6) is -0.00992. The first kappa shape index (κ1) is 16.5. The highest BCUT2D eigenvalue weighted by atomic mass is 16.1. The van der Waals surface area contributed by atoms with Crippen molar-refractivity contribution in [3.05, 3.63) is 29.3 Å². The highest BCUT2D eigenvalue weighted by Gasteiger charge is 2.11. The first-order valence-electron chi connectivity index (χ1n) is 7.40. The van der Waals surface area contributed by atoms with Gasteiger partial charge < -0.3 is 16.4 Å². The van der Waals surface area contributed by atoms with Crippen LogP contribution >= 0.6 is 0 Å². The van der Waals surface area contributed by atoms with Crippen molar-refractivity contribution in [2.24, 2.45) is 5.73 Å². The molecule has 0 aliphatic carbocycles. The average molecular weight is 277 g/mol. The van der Waals surface area contributed by atoms with Crippen LogP contribution in [0.15, 0.2) is 18.2 Å². The first-order chi connectivity index (χ1) is 9.56. The minimum absolute atomic E-state index is 0.00992. The summed E-state index contributed by atoms with van der Waals surface area (Å²) in [4.78, 5) is 12.1. The van der Waals surface area contributed by atoms with Gasteiger partial charge in [-0.3, -0.25) is 4.79 Å². The van der Waals surface area contributed by atoms with E-state index in [1.165, 1.54) is 0 Å². The lowest BCUT2D eigenvalue weighted by atomic mass is 10.1. The van der Waals surface area contributed by atoms with E-state index in [2.05, 4.69) is 10.6 Å². The van der Waals surface area contributed by atoms with Crippen LogP contribution in [0.2, 0.25) is 0 Å². The van der Waals surface area contributed by atoms with E-state index >= 15 is 0 Å². The Kier molecular flexibility index (Phi) is 7.09. The lowest BCUT2D eigenvalue weighted by Gasteiger charge is -2.14. The molecule has 20 heavy (non-hydrogen) atoms. The van der Waals surface area contributed by atoms with E-state index in [0.29, 0.717) is 0 Å². The van der Waals surface area contributed by atoms with Gasteiger partial charge in [-0.2, -0.15) is 0 Å². The van der Waals surface area contributed by atoms with E-state index in [0.717, 1.165) is 49.2 Å². The van der Waals surface area contributed by atoms with Crippen LogP contribution in [0.4, 0.5) is 5.69 Å². The second kappa shape index (κ2) is 8.59. The molecule has 0 fully saturated rings. The van der Waals surface area contributed by atoms with Crippen molar-refractivity contribution in [3.8, 4) is 0 Å². The zero-order valence-electron chi connectivity index (χ0n) is 12.8. The zero-order valence-corrected chi connectivity index (χ0v) is 12.8. The number of anilines is 1. The van der Waals surface area contributed by atoms with Crippen molar-refractivity contribution in [2.45, 2.75) is 46.1 Å². The molecule has 1 aromatic rings. The van der Waals surface area contributed by atoms with Gasteiger partial charge in [0.2, 0.25) is 0 Å². The van der Waals surface area contributed by atoms with Gasteiger partial charge >= 0.3 is 0 Å². The van der Waals surface area contributed by atoms with Crippen LogP contribution in [0, 0.1) is 6.92 Å². The lowest BCUT2D eigenvalue weighted by Crippen LogP contribution is -2.30. The third-order valence-corrected chi connectivity index (χ3v) is 3.19. The summed E-state index contributed by atoms with van der Waals surface area (Å²) in [6.45, 7) is 7.58. The number of benzene rings is 1. The van der Waals surface area contributed by atoms with Crippen LogP contribution < -0.4 is 16.4 Å². The summed E-state index contributed by atoms with van der Waals surface area (Å²) in [7, 11) is 0. The molecule has 112 valence electrons. The second-order valence-electron chi connectivity index (χ2n) is 5.38. The molecule has 4 nitrogen and oxygen atoms in total. The highest BCUT2D eigenvalue weighted by molar-refractivity contribution is 5.97. The quantitative estimate of drug-likeness (QED) is 0.640. The largest absolute Gasteiger partial charge is 0.385 e. The predicted molar refractivity (Wildman–Crippen MR) is 85.2 cm³/mol. The van der Waals surface area contributed by atoms with Crippen LogP contribution in [-0.4, -0.2) is 25.0 Å². The van der Waals surface area contributed by atoms with E-state index in [-0.39, 0.29) is 11.9 Å². The van der Waals surface area contributed by atoms with Gasteiger partial charge in [-0.1, -0.05) is 12.5 Å². The summed E-state index contributed by atoms with van der Waals surface area (Å²) in [6, 6.07) is 5.96. The monoisotopic (exact) mass is 277 g/mol. The van der Waals surface area contributed by atoms with Gasteiger partial charge in [0, 0.05) is 23.8 Å². The summed E-state index contributed by atoms with van der Waals surface area (Å²) < 4.78 is 0. The van der Waals surface area contributed by atoms with Gasteiger partial charge in [-0.15, -0.1) is 0 Å². The van der Waals surface area contributed by atoms with Gasteiger partial charge in [-0.05, 0) is 57.9 Å². The fourth-order valence-corrected chi connectivity index (χ4v) is 2.08. The molecule has 0 saturated carbocycles. The lowest BCUT2D eigenvalue weighted by molar-refractivity contribution is 0.0942. The number of hydrogen-bond donors (Lipinski definition) is 3. The number of carbonyl (C=O) groups is 1. The van der Waals surface area contributed by atoms with Crippen molar-refractivity contribution in [3.63, 3.8) is 0 Å². The second-order valence-corrected chi connectivity index (χ2v) is 5.38. The summed E-state index contributed by atoms with van der Waals surface area (Å²) in [5.41, 5.74) is 8.26.